The SMILES string of the molecule is CCc1nc2ccccc2c(C(=O)OCC(=O)N(C(C)C)C(C)C)c1C. The van der Waals surface area contributed by atoms with Crippen molar-refractivity contribution in [1.82, 2.24) is 9.88 Å². The van der Waals surface area contributed by atoms with Gasteiger partial charge in [-0.15, -0.1) is 0 Å². The van der Waals surface area contributed by atoms with Crippen LogP contribution in [0, 0.1) is 6.92 Å². The van der Waals surface area contributed by atoms with E-state index in [2.05, 4.69) is 4.98 Å². The number of carbonyl (C=O) groups is 2. The van der Waals surface area contributed by atoms with E-state index in [0.29, 0.717) is 5.56 Å². The van der Waals surface area contributed by atoms with E-state index in [4.69, 9.17) is 4.74 Å². The molecule has 1 aromatic heterocycles. The summed E-state index contributed by atoms with van der Waals surface area (Å²) in [5, 5.41) is 0.754. The van der Waals surface area contributed by atoms with Gasteiger partial charge in [0.1, 0.15) is 0 Å². The third kappa shape index (κ3) is 4.03. The standard InChI is InChI=1S/C21H28N2O3/c1-7-17-15(6)20(16-10-8-9-11-18(16)22-17)21(25)26-12-19(24)23(13(2)3)14(4)5/h8-11,13-14H,7,12H2,1-6H3. The number of aromatic nitrogens is 1. The number of esters is 1. The normalized spacial score (nSPS) is 11.2. The summed E-state index contributed by atoms with van der Waals surface area (Å²) in [5.41, 5.74) is 2.95. The number of amides is 1. The van der Waals surface area contributed by atoms with Gasteiger partial charge in [0.15, 0.2) is 6.61 Å². The third-order valence-corrected chi connectivity index (χ3v) is 4.50. The largest absolute Gasteiger partial charge is 0.452 e. The number of fused-ring (bicyclic) bond motifs is 1. The van der Waals surface area contributed by atoms with E-state index in [9.17, 15) is 9.59 Å². The van der Waals surface area contributed by atoms with Gasteiger partial charge in [-0.05, 0) is 52.7 Å². The predicted molar refractivity (Wildman–Crippen MR) is 103 cm³/mol. The van der Waals surface area contributed by atoms with Crippen LogP contribution in [-0.4, -0.2) is 40.5 Å². The Balaban J connectivity index is 2.30. The molecule has 5 heteroatoms. The summed E-state index contributed by atoms with van der Waals surface area (Å²) >= 11 is 0. The number of hydrogen-bond acceptors (Lipinski definition) is 4. The zero-order chi connectivity index (χ0) is 19.4. The molecule has 0 spiro atoms. The highest BCUT2D eigenvalue weighted by Crippen LogP contribution is 2.24. The van der Waals surface area contributed by atoms with Crippen molar-refractivity contribution in [3.8, 4) is 0 Å². The molecule has 1 heterocycles. The monoisotopic (exact) mass is 356 g/mol. The topological polar surface area (TPSA) is 59.5 Å². The highest BCUT2D eigenvalue weighted by atomic mass is 16.5. The molecule has 2 rings (SSSR count). The Bertz CT molecular complexity index is 804. The van der Waals surface area contributed by atoms with Crippen LogP contribution in [0.15, 0.2) is 24.3 Å². The van der Waals surface area contributed by atoms with Crippen LogP contribution in [-0.2, 0) is 16.0 Å². The van der Waals surface area contributed by atoms with Crippen molar-refractivity contribution in [3.05, 3.63) is 41.1 Å². The molecular formula is C21H28N2O3. The van der Waals surface area contributed by atoms with Gasteiger partial charge in [0.05, 0.1) is 11.1 Å². The van der Waals surface area contributed by atoms with Gasteiger partial charge < -0.3 is 9.64 Å². The zero-order valence-corrected chi connectivity index (χ0v) is 16.5. The van der Waals surface area contributed by atoms with Gasteiger partial charge in [-0.2, -0.15) is 0 Å². The lowest BCUT2D eigenvalue weighted by molar-refractivity contribution is -0.138. The minimum absolute atomic E-state index is 0.0522. The second kappa shape index (κ2) is 8.30. The molecule has 0 unspecified atom stereocenters. The molecule has 0 bridgehead atoms. The Morgan fingerprint density at radius 2 is 1.73 bits per heavy atom. The van der Waals surface area contributed by atoms with Gasteiger partial charge >= 0.3 is 5.97 Å². The van der Waals surface area contributed by atoms with E-state index in [1.807, 2.05) is 65.8 Å². The van der Waals surface area contributed by atoms with Gasteiger partial charge in [0, 0.05) is 23.2 Å². The number of ether oxygens (including phenoxy) is 1. The Kier molecular flexibility index (Phi) is 6.35. The fourth-order valence-corrected chi connectivity index (χ4v) is 3.41. The number of para-hydroxylation sites is 1. The first kappa shape index (κ1) is 19.9. The Morgan fingerprint density at radius 1 is 1.12 bits per heavy atom. The third-order valence-electron chi connectivity index (χ3n) is 4.50. The van der Waals surface area contributed by atoms with Crippen LogP contribution >= 0.6 is 0 Å². The molecule has 0 aliphatic heterocycles. The minimum atomic E-state index is -0.475. The molecule has 0 fully saturated rings. The molecule has 0 saturated heterocycles. The van der Waals surface area contributed by atoms with Crippen molar-refractivity contribution in [1.29, 1.82) is 0 Å². The molecule has 140 valence electrons. The highest BCUT2D eigenvalue weighted by molar-refractivity contribution is 6.05. The van der Waals surface area contributed by atoms with E-state index in [1.165, 1.54) is 0 Å². The predicted octanol–water partition coefficient (Wildman–Crippen LogP) is 3.91. The molecule has 5 nitrogen and oxygen atoms in total. The smallest absolute Gasteiger partial charge is 0.339 e. The summed E-state index contributed by atoms with van der Waals surface area (Å²) in [6.45, 7) is 11.4. The maximum Gasteiger partial charge on any atom is 0.339 e. The number of aryl methyl sites for hydroxylation is 1. The van der Waals surface area contributed by atoms with Crippen LogP contribution in [0.3, 0.4) is 0 Å². The van der Waals surface area contributed by atoms with Gasteiger partial charge in [-0.3, -0.25) is 9.78 Å². The molecule has 26 heavy (non-hydrogen) atoms. The fourth-order valence-electron chi connectivity index (χ4n) is 3.41. The van der Waals surface area contributed by atoms with Crippen LogP contribution in [0.5, 0.6) is 0 Å². The van der Waals surface area contributed by atoms with Gasteiger partial charge in [0.2, 0.25) is 0 Å². The van der Waals surface area contributed by atoms with Crippen LogP contribution in [0.25, 0.3) is 10.9 Å². The summed E-state index contributed by atoms with van der Waals surface area (Å²) in [7, 11) is 0. The molecule has 1 amide bonds. The number of rotatable bonds is 6. The van der Waals surface area contributed by atoms with E-state index in [0.717, 1.165) is 28.6 Å². The van der Waals surface area contributed by atoms with Crippen molar-refractivity contribution in [3.63, 3.8) is 0 Å². The lowest BCUT2D eigenvalue weighted by atomic mass is 10.0. The summed E-state index contributed by atoms with van der Waals surface area (Å²) in [6, 6.07) is 7.62. The van der Waals surface area contributed by atoms with Crippen molar-refractivity contribution in [2.24, 2.45) is 0 Å². The molecule has 1 aromatic carbocycles. The molecule has 0 aliphatic carbocycles. The first-order valence-electron chi connectivity index (χ1n) is 9.14. The minimum Gasteiger partial charge on any atom is -0.452 e. The van der Waals surface area contributed by atoms with E-state index < -0.39 is 5.97 Å². The summed E-state index contributed by atoms with van der Waals surface area (Å²) in [4.78, 5) is 31.6. The lowest BCUT2D eigenvalue weighted by Crippen LogP contribution is -2.44. The Hall–Kier alpha value is -2.43. The van der Waals surface area contributed by atoms with Crippen molar-refractivity contribution < 1.29 is 14.3 Å². The second-order valence-corrected chi connectivity index (χ2v) is 6.99. The quantitative estimate of drug-likeness (QED) is 0.736. The molecular weight excluding hydrogens is 328 g/mol. The molecule has 0 radical (unpaired) electrons. The van der Waals surface area contributed by atoms with Crippen LogP contribution in [0.1, 0.15) is 56.2 Å². The van der Waals surface area contributed by atoms with E-state index in [-0.39, 0.29) is 24.6 Å². The summed E-state index contributed by atoms with van der Waals surface area (Å²) in [6.07, 6.45) is 0.727. The van der Waals surface area contributed by atoms with Gasteiger partial charge in [0.25, 0.3) is 5.91 Å². The second-order valence-electron chi connectivity index (χ2n) is 6.99. The zero-order valence-electron chi connectivity index (χ0n) is 16.5. The average molecular weight is 356 g/mol. The summed E-state index contributed by atoms with van der Waals surface area (Å²) < 4.78 is 5.40. The molecule has 0 saturated carbocycles. The van der Waals surface area contributed by atoms with Crippen molar-refractivity contribution >= 4 is 22.8 Å². The maximum atomic E-state index is 12.8. The lowest BCUT2D eigenvalue weighted by Gasteiger charge is -2.30. The molecule has 0 aliphatic rings. The van der Waals surface area contributed by atoms with Crippen LogP contribution < -0.4 is 0 Å². The van der Waals surface area contributed by atoms with Crippen LogP contribution in [0.2, 0.25) is 0 Å². The number of nitrogens with zero attached hydrogens (tertiary/aromatic N) is 2. The van der Waals surface area contributed by atoms with E-state index in [1.54, 1.807) is 4.90 Å². The van der Waals surface area contributed by atoms with Crippen LogP contribution in [0.4, 0.5) is 0 Å². The number of benzene rings is 1. The van der Waals surface area contributed by atoms with Crippen molar-refractivity contribution in [2.75, 3.05) is 6.61 Å². The van der Waals surface area contributed by atoms with Gasteiger partial charge in [-0.25, -0.2) is 4.79 Å². The highest BCUT2D eigenvalue weighted by Gasteiger charge is 2.23. The number of carbonyl (C=O) groups excluding carboxylic acids is 2. The first-order chi connectivity index (χ1) is 12.3. The number of pyridine rings is 1. The Morgan fingerprint density at radius 3 is 2.31 bits per heavy atom. The van der Waals surface area contributed by atoms with Crippen molar-refractivity contribution in [2.45, 2.75) is 60.0 Å². The maximum absolute atomic E-state index is 12.8. The summed E-state index contributed by atoms with van der Waals surface area (Å²) in [5.74, 6) is -0.660. The molecule has 0 N–H and O–H groups in total. The molecule has 2 aromatic rings. The first-order valence-corrected chi connectivity index (χ1v) is 9.14. The Labute approximate surface area is 155 Å². The molecule has 0 atom stereocenters. The fraction of sp³-hybridized carbons (Fsp3) is 0.476. The van der Waals surface area contributed by atoms with Gasteiger partial charge in [-0.1, -0.05) is 25.1 Å². The number of hydrogen-bond donors (Lipinski definition) is 0. The van der Waals surface area contributed by atoms with E-state index >= 15 is 0 Å². The average Bonchev–Trinajstić information content (AvgIpc) is 2.58.